The van der Waals surface area contributed by atoms with E-state index < -0.39 is 0 Å². The van der Waals surface area contributed by atoms with Crippen molar-refractivity contribution in [1.29, 1.82) is 0 Å². The van der Waals surface area contributed by atoms with Crippen molar-refractivity contribution in [2.45, 2.75) is 52.5 Å². The van der Waals surface area contributed by atoms with E-state index in [1.807, 2.05) is 0 Å². The van der Waals surface area contributed by atoms with E-state index in [-0.39, 0.29) is 11.3 Å². The number of rotatable bonds is 5. The van der Waals surface area contributed by atoms with Gasteiger partial charge in [-0.1, -0.05) is 13.8 Å². The number of hydrogen-bond acceptors (Lipinski definition) is 3. The van der Waals surface area contributed by atoms with E-state index >= 15 is 0 Å². The molecule has 2 fully saturated rings. The summed E-state index contributed by atoms with van der Waals surface area (Å²) in [6.07, 6.45) is 4.95. The molecule has 2 heterocycles. The molecule has 2 aliphatic rings. The van der Waals surface area contributed by atoms with Gasteiger partial charge in [-0.05, 0) is 64.7 Å². The Hall–Kier alpha value is -0.610. The predicted molar refractivity (Wildman–Crippen MR) is 82.7 cm³/mol. The first-order valence-electron chi connectivity index (χ1n) is 8.25. The first-order valence-corrected chi connectivity index (χ1v) is 8.25. The summed E-state index contributed by atoms with van der Waals surface area (Å²) in [6.45, 7) is 11.6. The van der Waals surface area contributed by atoms with Crippen LogP contribution in [0.2, 0.25) is 0 Å². The molecule has 2 saturated heterocycles. The zero-order valence-corrected chi connectivity index (χ0v) is 13.4. The van der Waals surface area contributed by atoms with Crippen LogP contribution in [0.15, 0.2) is 0 Å². The van der Waals surface area contributed by atoms with Gasteiger partial charge in [-0.3, -0.25) is 9.69 Å². The molecule has 2 N–H and O–H groups in total. The molecule has 0 aromatic carbocycles. The summed E-state index contributed by atoms with van der Waals surface area (Å²) in [5.41, 5.74) is -0.266. The Labute approximate surface area is 123 Å². The van der Waals surface area contributed by atoms with Crippen molar-refractivity contribution in [2.75, 3.05) is 32.7 Å². The van der Waals surface area contributed by atoms with Gasteiger partial charge in [-0.2, -0.15) is 0 Å². The Morgan fingerprint density at radius 2 is 2.05 bits per heavy atom. The van der Waals surface area contributed by atoms with E-state index in [1.165, 1.54) is 32.4 Å². The first kappa shape index (κ1) is 15.8. The van der Waals surface area contributed by atoms with E-state index in [0.717, 1.165) is 26.1 Å². The standard InChI is InChI=1S/C16H31N3O/c1-13(19-9-4-5-10-19)11-18-15(20)16(2,3)14-7-6-8-17-12-14/h13-14,17H,4-12H2,1-3H3,(H,18,20). The molecule has 1 amide bonds. The van der Waals surface area contributed by atoms with E-state index in [4.69, 9.17) is 0 Å². The highest BCUT2D eigenvalue weighted by atomic mass is 16.2. The number of amides is 1. The molecule has 0 aromatic heterocycles. The number of piperidine rings is 1. The third-order valence-electron chi connectivity index (χ3n) is 5.22. The summed E-state index contributed by atoms with van der Waals surface area (Å²) in [4.78, 5) is 15.0. The number of nitrogens with one attached hydrogen (secondary N) is 2. The van der Waals surface area contributed by atoms with Gasteiger partial charge >= 0.3 is 0 Å². The molecule has 2 aliphatic heterocycles. The normalized spacial score (nSPS) is 26.4. The first-order chi connectivity index (χ1) is 9.51. The van der Waals surface area contributed by atoms with Gasteiger partial charge in [0.05, 0.1) is 0 Å². The van der Waals surface area contributed by atoms with Gasteiger partial charge in [0.2, 0.25) is 5.91 Å². The van der Waals surface area contributed by atoms with Crippen LogP contribution in [-0.2, 0) is 4.79 Å². The molecule has 2 rings (SSSR count). The van der Waals surface area contributed by atoms with E-state index in [9.17, 15) is 4.79 Å². The summed E-state index contributed by atoms with van der Waals surface area (Å²) < 4.78 is 0. The molecule has 20 heavy (non-hydrogen) atoms. The second kappa shape index (κ2) is 6.90. The number of hydrogen-bond donors (Lipinski definition) is 2. The average Bonchev–Trinajstić information content (AvgIpc) is 2.99. The Morgan fingerprint density at radius 3 is 2.65 bits per heavy atom. The van der Waals surface area contributed by atoms with Crippen LogP contribution >= 0.6 is 0 Å². The number of carbonyl (C=O) groups is 1. The molecule has 116 valence electrons. The molecule has 0 spiro atoms. The van der Waals surface area contributed by atoms with Crippen LogP contribution in [0, 0.1) is 11.3 Å². The Bertz CT molecular complexity index is 318. The summed E-state index contributed by atoms with van der Waals surface area (Å²) in [6, 6.07) is 0.460. The minimum absolute atomic E-state index is 0.220. The summed E-state index contributed by atoms with van der Waals surface area (Å²) in [5, 5.41) is 6.61. The molecule has 2 atom stereocenters. The number of nitrogens with zero attached hydrogens (tertiary/aromatic N) is 1. The van der Waals surface area contributed by atoms with Gasteiger partial charge in [0.1, 0.15) is 0 Å². The van der Waals surface area contributed by atoms with Crippen molar-refractivity contribution in [3.63, 3.8) is 0 Å². The van der Waals surface area contributed by atoms with Crippen molar-refractivity contribution < 1.29 is 4.79 Å². The average molecular weight is 281 g/mol. The van der Waals surface area contributed by atoms with Crippen molar-refractivity contribution in [2.24, 2.45) is 11.3 Å². The lowest BCUT2D eigenvalue weighted by Crippen LogP contribution is -2.50. The van der Waals surface area contributed by atoms with Crippen LogP contribution in [0.3, 0.4) is 0 Å². The van der Waals surface area contributed by atoms with Crippen LogP contribution in [0.25, 0.3) is 0 Å². The largest absolute Gasteiger partial charge is 0.354 e. The molecule has 0 radical (unpaired) electrons. The van der Waals surface area contributed by atoms with Crippen molar-refractivity contribution >= 4 is 5.91 Å². The van der Waals surface area contributed by atoms with Crippen molar-refractivity contribution in [3.8, 4) is 0 Å². The maximum Gasteiger partial charge on any atom is 0.226 e. The molecular formula is C16H31N3O. The number of likely N-dealkylation sites (tertiary alicyclic amines) is 1. The van der Waals surface area contributed by atoms with Gasteiger partial charge < -0.3 is 10.6 Å². The molecule has 0 saturated carbocycles. The van der Waals surface area contributed by atoms with Crippen molar-refractivity contribution in [1.82, 2.24) is 15.5 Å². The highest BCUT2D eigenvalue weighted by Gasteiger charge is 2.37. The fourth-order valence-corrected chi connectivity index (χ4v) is 3.43. The molecule has 2 unspecified atom stereocenters. The van der Waals surface area contributed by atoms with Crippen LogP contribution in [0.5, 0.6) is 0 Å². The summed E-state index contributed by atoms with van der Waals surface area (Å²) in [7, 11) is 0. The smallest absolute Gasteiger partial charge is 0.226 e. The molecule has 0 aromatic rings. The third kappa shape index (κ3) is 3.73. The lowest BCUT2D eigenvalue weighted by atomic mass is 9.74. The molecule has 4 heteroatoms. The fourth-order valence-electron chi connectivity index (χ4n) is 3.43. The van der Waals surface area contributed by atoms with E-state index in [0.29, 0.717) is 12.0 Å². The molecular weight excluding hydrogens is 250 g/mol. The topological polar surface area (TPSA) is 44.4 Å². The van der Waals surface area contributed by atoms with Gasteiger partial charge in [-0.15, -0.1) is 0 Å². The quantitative estimate of drug-likeness (QED) is 0.805. The lowest BCUT2D eigenvalue weighted by molar-refractivity contribution is -0.132. The Kier molecular flexibility index (Phi) is 5.44. The second-order valence-electron chi connectivity index (χ2n) is 7.07. The van der Waals surface area contributed by atoms with Crippen LogP contribution in [-0.4, -0.2) is 49.6 Å². The maximum absolute atomic E-state index is 12.5. The third-order valence-corrected chi connectivity index (χ3v) is 5.22. The Balaban J connectivity index is 1.80. The van der Waals surface area contributed by atoms with E-state index in [1.54, 1.807) is 0 Å². The van der Waals surface area contributed by atoms with Gasteiger partial charge in [0.15, 0.2) is 0 Å². The van der Waals surface area contributed by atoms with Gasteiger partial charge in [-0.25, -0.2) is 0 Å². The van der Waals surface area contributed by atoms with Crippen LogP contribution in [0.1, 0.15) is 46.5 Å². The second-order valence-corrected chi connectivity index (χ2v) is 7.07. The molecule has 0 aliphatic carbocycles. The fraction of sp³-hybridized carbons (Fsp3) is 0.938. The zero-order chi connectivity index (χ0) is 14.6. The summed E-state index contributed by atoms with van der Waals surface area (Å²) >= 11 is 0. The van der Waals surface area contributed by atoms with Crippen LogP contribution in [0.4, 0.5) is 0 Å². The number of carbonyl (C=O) groups excluding carboxylic acids is 1. The highest BCUT2D eigenvalue weighted by Crippen LogP contribution is 2.31. The van der Waals surface area contributed by atoms with Crippen molar-refractivity contribution in [3.05, 3.63) is 0 Å². The van der Waals surface area contributed by atoms with Gasteiger partial charge in [0.25, 0.3) is 0 Å². The SMILES string of the molecule is CC(CNC(=O)C(C)(C)C1CCCNC1)N1CCCC1. The zero-order valence-electron chi connectivity index (χ0n) is 13.4. The molecule has 0 bridgehead atoms. The minimum Gasteiger partial charge on any atom is -0.354 e. The lowest BCUT2D eigenvalue weighted by Gasteiger charge is -2.36. The predicted octanol–water partition coefficient (Wildman–Crippen LogP) is 1.61. The summed E-state index contributed by atoms with van der Waals surface area (Å²) in [5.74, 6) is 0.676. The van der Waals surface area contributed by atoms with Gasteiger partial charge in [0, 0.05) is 18.0 Å². The monoisotopic (exact) mass is 281 g/mol. The van der Waals surface area contributed by atoms with Crippen LogP contribution < -0.4 is 10.6 Å². The molecule has 4 nitrogen and oxygen atoms in total. The Morgan fingerprint density at radius 1 is 1.35 bits per heavy atom. The maximum atomic E-state index is 12.5. The minimum atomic E-state index is -0.266. The van der Waals surface area contributed by atoms with E-state index in [2.05, 4.69) is 36.3 Å². The highest BCUT2D eigenvalue weighted by molar-refractivity contribution is 5.82.